The van der Waals surface area contributed by atoms with Crippen LogP contribution < -0.4 is 0 Å². The van der Waals surface area contributed by atoms with Crippen molar-refractivity contribution in [3.8, 4) is 0 Å². The second-order valence-corrected chi connectivity index (χ2v) is 8.96. The number of pyridine rings is 1. The third-order valence-corrected chi connectivity index (χ3v) is 6.90. The molecule has 5 rings (SSSR count). The number of benzene rings is 2. The monoisotopic (exact) mass is 411 g/mol. The molecule has 2 aliphatic rings. The highest BCUT2D eigenvalue weighted by Crippen LogP contribution is 2.38. The average Bonchev–Trinajstić information content (AvgIpc) is 3.07. The van der Waals surface area contributed by atoms with E-state index in [4.69, 9.17) is 0 Å². The van der Waals surface area contributed by atoms with Crippen molar-refractivity contribution in [2.45, 2.75) is 44.3 Å². The van der Waals surface area contributed by atoms with Crippen LogP contribution in [0.25, 0.3) is 0 Å². The quantitative estimate of drug-likeness (QED) is 0.644. The van der Waals surface area contributed by atoms with Gasteiger partial charge in [-0.05, 0) is 60.2 Å². The Morgan fingerprint density at radius 3 is 2.45 bits per heavy atom. The predicted molar refractivity (Wildman–Crippen MR) is 122 cm³/mol. The normalized spacial score (nSPS) is 21.1. The lowest BCUT2D eigenvalue weighted by Gasteiger charge is -2.41. The average molecular weight is 412 g/mol. The lowest BCUT2D eigenvalue weighted by Crippen LogP contribution is -2.53. The van der Waals surface area contributed by atoms with Gasteiger partial charge in [-0.15, -0.1) is 0 Å². The summed E-state index contributed by atoms with van der Waals surface area (Å²) in [5.74, 6) is 0.220. The van der Waals surface area contributed by atoms with E-state index in [0.29, 0.717) is 13.0 Å². The molecule has 1 spiro atoms. The molecule has 2 aliphatic heterocycles. The molecule has 31 heavy (non-hydrogen) atoms. The largest absolute Gasteiger partial charge is 0.336 e. The number of amides is 1. The van der Waals surface area contributed by atoms with Gasteiger partial charge in [0, 0.05) is 37.6 Å². The van der Waals surface area contributed by atoms with E-state index in [0.717, 1.165) is 38.0 Å². The molecule has 2 aromatic carbocycles. The van der Waals surface area contributed by atoms with Crippen LogP contribution in [-0.4, -0.2) is 39.3 Å². The van der Waals surface area contributed by atoms with Crippen molar-refractivity contribution in [2.24, 2.45) is 0 Å². The fraction of sp³-hybridized carbons (Fsp3) is 0.333. The molecule has 3 aromatic rings. The fourth-order valence-electron chi connectivity index (χ4n) is 5.30. The van der Waals surface area contributed by atoms with Gasteiger partial charge in [0.1, 0.15) is 0 Å². The van der Waals surface area contributed by atoms with Gasteiger partial charge in [0.05, 0.1) is 6.42 Å². The van der Waals surface area contributed by atoms with E-state index in [1.54, 1.807) is 0 Å². The van der Waals surface area contributed by atoms with E-state index in [1.165, 1.54) is 23.1 Å². The van der Waals surface area contributed by atoms with Gasteiger partial charge in [0.2, 0.25) is 5.91 Å². The fourth-order valence-corrected chi connectivity index (χ4v) is 5.30. The van der Waals surface area contributed by atoms with Crippen molar-refractivity contribution < 1.29 is 4.79 Å². The van der Waals surface area contributed by atoms with Crippen molar-refractivity contribution in [3.63, 3.8) is 0 Å². The van der Waals surface area contributed by atoms with Gasteiger partial charge in [-0.1, -0.05) is 54.6 Å². The summed E-state index contributed by atoms with van der Waals surface area (Å²) in [6.07, 6.45) is 7.51. The lowest BCUT2D eigenvalue weighted by atomic mass is 9.87. The Labute approximate surface area is 184 Å². The Kier molecular flexibility index (Phi) is 5.56. The third kappa shape index (κ3) is 4.26. The van der Waals surface area contributed by atoms with Crippen LogP contribution in [0.5, 0.6) is 0 Å². The predicted octanol–water partition coefficient (Wildman–Crippen LogP) is 4.24. The molecular weight excluding hydrogens is 382 g/mol. The molecule has 0 aliphatic carbocycles. The first-order chi connectivity index (χ1) is 15.2. The Morgan fingerprint density at radius 1 is 0.903 bits per heavy atom. The van der Waals surface area contributed by atoms with Gasteiger partial charge >= 0.3 is 0 Å². The van der Waals surface area contributed by atoms with Gasteiger partial charge < -0.3 is 4.90 Å². The number of likely N-dealkylation sites (tertiary alicyclic amines) is 1. The van der Waals surface area contributed by atoms with Gasteiger partial charge in [0.15, 0.2) is 0 Å². The summed E-state index contributed by atoms with van der Waals surface area (Å²) in [7, 11) is 0. The van der Waals surface area contributed by atoms with Crippen LogP contribution in [0.3, 0.4) is 0 Å². The molecule has 1 aromatic heterocycles. The van der Waals surface area contributed by atoms with Crippen LogP contribution in [0.1, 0.15) is 35.1 Å². The maximum Gasteiger partial charge on any atom is 0.227 e. The van der Waals surface area contributed by atoms with Crippen LogP contribution in [0.4, 0.5) is 0 Å². The van der Waals surface area contributed by atoms with Crippen molar-refractivity contribution in [3.05, 3.63) is 101 Å². The molecular formula is C27H29N3O. The number of hydrogen-bond donors (Lipinski definition) is 0. The van der Waals surface area contributed by atoms with Crippen molar-refractivity contribution in [2.75, 3.05) is 13.1 Å². The maximum absolute atomic E-state index is 13.4. The summed E-state index contributed by atoms with van der Waals surface area (Å²) in [4.78, 5) is 22.3. The van der Waals surface area contributed by atoms with Crippen molar-refractivity contribution in [1.82, 2.24) is 14.8 Å². The minimum absolute atomic E-state index is 0.0117. The highest BCUT2D eigenvalue weighted by molar-refractivity contribution is 5.79. The van der Waals surface area contributed by atoms with Crippen LogP contribution in [-0.2, 0) is 30.7 Å². The smallest absolute Gasteiger partial charge is 0.227 e. The first-order valence-electron chi connectivity index (χ1n) is 11.2. The summed E-state index contributed by atoms with van der Waals surface area (Å²) in [5.41, 5.74) is 5.04. The number of carbonyl (C=O) groups is 1. The summed E-state index contributed by atoms with van der Waals surface area (Å²) < 4.78 is 0. The second-order valence-electron chi connectivity index (χ2n) is 8.96. The summed E-state index contributed by atoms with van der Waals surface area (Å²) >= 11 is 0. The molecule has 1 saturated heterocycles. The molecule has 0 radical (unpaired) electrons. The second kappa shape index (κ2) is 8.64. The zero-order valence-electron chi connectivity index (χ0n) is 17.9. The molecule has 1 fully saturated rings. The number of nitrogens with zero attached hydrogens (tertiary/aromatic N) is 3. The topological polar surface area (TPSA) is 36.4 Å². The molecule has 0 bridgehead atoms. The molecule has 3 heterocycles. The highest BCUT2D eigenvalue weighted by Gasteiger charge is 2.44. The molecule has 1 unspecified atom stereocenters. The Balaban J connectivity index is 1.46. The molecule has 1 amide bonds. The summed E-state index contributed by atoms with van der Waals surface area (Å²) in [6.45, 7) is 3.47. The maximum atomic E-state index is 13.4. The van der Waals surface area contributed by atoms with E-state index in [-0.39, 0.29) is 11.4 Å². The minimum Gasteiger partial charge on any atom is -0.336 e. The number of carbonyl (C=O) groups excluding carboxylic acids is 1. The van der Waals surface area contributed by atoms with E-state index in [9.17, 15) is 4.79 Å². The van der Waals surface area contributed by atoms with E-state index >= 15 is 0 Å². The minimum atomic E-state index is -0.0117. The molecule has 0 saturated carbocycles. The van der Waals surface area contributed by atoms with Crippen LogP contribution in [0.2, 0.25) is 0 Å². The van der Waals surface area contributed by atoms with Gasteiger partial charge in [0.25, 0.3) is 0 Å². The van der Waals surface area contributed by atoms with Crippen LogP contribution >= 0.6 is 0 Å². The van der Waals surface area contributed by atoms with Gasteiger partial charge in [-0.25, -0.2) is 0 Å². The highest BCUT2D eigenvalue weighted by atomic mass is 16.2. The molecule has 0 N–H and O–H groups in total. The third-order valence-electron chi connectivity index (χ3n) is 6.90. The molecule has 4 heteroatoms. The summed E-state index contributed by atoms with van der Waals surface area (Å²) in [5, 5.41) is 0. The first-order valence-corrected chi connectivity index (χ1v) is 11.2. The first kappa shape index (κ1) is 20.0. The van der Waals surface area contributed by atoms with Crippen LogP contribution in [0.15, 0.2) is 79.1 Å². The zero-order chi connectivity index (χ0) is 21.1. The lowest BCUT2D eigenvalue weighted by molar-refractivity contribution is -0.132. The number of aromatic nitrogens is 1. The standard InChI is InChI=1S/C27H29N3O/c31-26(17-22-7-2-1-3-8-22)29-20-25-10-5-4-9-24(25)18-27(21-29)13-6-16-30(27)19-23-11-14-28-15-12-23/h1-5,7-12,14-15H,6,13,16-21H2. The zero-order valence-corrected chi connectivity index (χ0v) is 17.9. The molecule has 1 atom stereocenters. The molecule has 158 valence electrons. The van der Waals surface area contributed by atoms with Crippen molar-refractivity contribution in [1.29, 1.82) is 0 Å². The van der Waals surface area contributed by atoms with Gasteiger partial charge in [-0.3, -0.25) is 14.7 Å². The van der Waals surface area contributed by atoms with Gasteiger partial charge in [-0.2, -0.15) is 0 Å². The Morgan fingerprint density at radius 2 is 1.65 bits per heavy atom. The van der Waals surface area contributed by atoms with Crippen LogP contribution in [0, 0.1) is 0 Å². The number of rotatable bonds is 4. The van der Waals surface area contributed by atoms with E-state index in [2.05, 4.69) is 51.2 Å². The molecule has 4 nitrogen and oxygen atoms in total. The van der Waals surface area contributed by atoms with E-state index in [1.807, 2.05) is 42.7 Å². The Hall–Kier alpha value is -2.98. The Bertz CT molecular complexity index is 1040. The summed E-state index contributed by atoms with van der Waals surface area (Å²) in [6, 6.07) is 23.0. The number of hydrogen-bond acceptors (Lipinski definition) is 3. The number of fused-ring (bicyclic) bond motifs is 1. The van der Waals surface area contributed by atoms with E-state index < -0.39 is 0 Å². The van der Waals surface area contributed by atoms with Crippen molar-refractivity contribution >= 4 is 5.91 Å². The SMILES string of the molecule is O=C(Cc1ccccc1)N1Cc2ccccc2CC2(CCCN2Cc2ccncc2)C1.